The van der Waals surface area contributed by atoms with Gasteiger partial charge in [0.1, 0.15) is 11.3 Å². The normalized spacial score (nSPS) is 11.2. The number of hydrogen-bond acceptors (Lipinski definition) is 7. The van der Waals surface area contributed by atoms with Crippen molar-refractivity contribution in [1.82, 2.24) is 15.3 Å². The van der Waals surface area contributed by atoms with Gasteiger partial charge in [0.05, 0.1) is 10.4 Å². The Kier molecular flexibility index (Phi) is 3.91. The van der Waals surface area contributed by atoms with Gasteiger partial charge < -0.3 is 21.1 Å². The first-order valence-electron chi connectivity index (χ1n) is 6.38. The monoisotopic (exact) mass is 322 g/mol. The van der Waals surface area contributed by atoms with Gasteiger partial charge in [0.15, 0.2) is 5.13 Å². The minimum absolute atomic E-state index is 0.109. The molecule has 8 heteroatoms. The average molecular weight is 322 g/mol. The molecule has 0 aliphatic carbocycles. The first-order chi connectivity index (χ1) is 10.1. The van der Waals surface area contributed by atoms with Gasteiger partial charge in [-0.25, -0.2) is 4.98 Å². The second kappa shape index (κ2) is 5.84. The highest BCUT2D eigenvalue weighted by Crippen LogP contribution is 2.27. The summed E-state index contributed by atoms with van der Waals surface area (Å²) in [5.74, 6) is 0.109. The van der Waals surface area contributed by atoms with Crippen LogP contribution in [0.15, 0.2) is 22.3 Å². The molecule has 21 heavy (non-hydrogen) atoms. The number of nitrogen functional groups attached to an aromatic ring is 1. The fourth-order valence-electron chi connectivity index (χ4n) is 2.11. The molecule has 6 nitrogen and oxygen atoms in total. The number of nitrogens with one attached hydrogen (secondary N) is 2. The number of H-pyrrole nitrogens is 1. The van der Waals surface area contributed by atoms with Gasteiger partial charge in [-0.2, -0.15) is 0 Å². The maximum absolute atomic E-state index is 11.4. The molecule has 0 aliphatic heterocycles. The number of phenolic OH excluding ortho intramolecular Hbond substituents is 1. The van der Waals surface area contributed by atoms with Crippen LogP contribution in [0.25, 0.3) is 10.2 Å². The van der Waals surface area contributed by atoms with Gasteiger partial charge in [-0.15, -0.1) is 11.3 Å². The molecule has 0 bridgehead atoms. The van der Waals surface area contributed by atoms with Crippen LogP contribution >= 0.6 is 22.7 Å². The molecule has 2 heterocycles. The van der Waals surface area contributed by atoms with E-state index in [1.807, 2.05) is 11.4 Å². The maximum atomic E-state index is 11.4. The third kappa shape index (κ3) is 3.07. The first kappa shape index (κ1) is 14.1. The van der Waals surface area contributed by atoms with Crippen LogP contribution < -0.4 is 15.9 Å². The SMILES string of the molecule is Nc1nc(CNCCc2ccc(O)c3[nH]c(=O)sc23)cs1. The van der Waals surface area contributed by atoms with E-state index in [4.69, 9.17) is 5.73 Å². The first-order valence-corrected chi connectivity index (χ1v) is 8.07. The topological polar surface area (TPSA) is 104 Å². The number of nitrogens with zero attached hydrogens (tertiary/aromatic N) is 1. The highest BCUT2D eigenvalue weighted by molar-refractivity contribution is 7.16. The van der Waals surface area contributed by atoms with Crippen LogP contribution in [0, 0.1) is 0 Å². The Balaban J connectivity index is 1.65. The van der Waals surface area contributed by atoms with E-state index >= 15 is 0 Å². The van der Waals surface area contributed by atoms with Crippen molar-refractivity contribution < 1.29 is 5.11 Å². The number of thiazole rings is 2. The number of fused-ring (bicyclic) bond motifs is 1. The zero-order valence-electron chi connectivity index (χ0n) is 11.0. The minimum atomic E-state index is -0.154. The van der Waals surface area contributed by atoms with E-state index in [1.54, 1.807) is 6.07 Å². The average Bonchev–Trinajstić information content (AvgIpc) is 3.03. The Morgan fingerprint density at radius 3 is 3.05 bits per heavy atom. The van der Waals surface area contributed by atoms with E-state index in [9.17, 15) is 9.90 Å². The lowest BCUT2D eigenvalue weighted by Crippen LogP contribution is -2.16. The highest BCUT2D eigenvalue weighted by atomic mass is 32.1. The molecule has 0 radical (unpaired) electrons. The van der Waals surface area contributed by atoms with Crippen molar-refractivity contribution in [1.29, 1.82) is 0 Å². The minimum Gasteiger partial charge on any atom is -0.506 e. The van der Waals surface area contributed by atoms with Crippen molar-refractivity contribution in [3.05, 3.63) is 38.4 Å². The van der Waals surface area contributed by atoms with E-state index in [0.29, 0.717) is 17.2 Å². The van der Waals surface area contributed by atoms with Crippen LogP contribution in [-0.2, 0) is 13.0 Å². The standard InChI is InChI=1S/C13H14N4O2S2/c14-12-16-8(6-20-12)5-15-4-3-7-1-2-9(18)10-11(7)21-13(19)17-10/h1-2,6,15,18H,3-5H2,(H2,14,16)(H,17,19). The fourth-order valence-corrected chi connectivity index (χ4v) is 3.57. The molecule has 0 fully saturated rings. The molecule has 1 aromatic carbocycles. The van der Waals surface area contributed by atoms with Crippen LogP contribution in [0.4, 0.5) is 5.13 Å². The van der Waals surface area contributed by atoms with Crippen LogP contribution in [0.2, 0.25) is 0 Å². The molecule has 0 atom stereocenters. The summed E-state index contributed by atoms with van der Waals surface area (Å²) in [5, 5.41) is 15.5. The number of anilines is 1. The van der Waals surface area contributed by atoms with Gasteiger partial charge in [0, 0.05) is 11.9 Å². The summed E-state index contributed by atoms with van der Waals surface area (Å²) in [6, 6.07) is 3.46. The van der Waals surface area contributed by atoms with Gasteiger partial charge in [0.2, 0.25) is 0 Å². The molecule has 3 aromatic rings. The summed E-state index contributed by atoms with van der Waals surface area (Å²) in [4.78, 5) is 18.1. The molecule has 3 rings (SSSR count). The molecule has 110 valence electrons. The molecule has 0 amide bonds. The van der Waals surface area contributed by atoms with Crippen molar-refractivity contribution in [2.45, 2.75) is 13.0 Å². The largest absolute Gasteiger partial charge is 0.506 e. The second-order valence-corrected chi connectivity index (χ2v) is 6.44. The summed E-state index contributed by atoms with van der Waals surface area (Å²) in [5.41, 5.74) is 8.07. The van der Waals surface area contributed by atoms with E-state index < -0.39 is 0 Å². The summed E-state index contributed by atoms with van der Waals surface area (Å²) < 4.78 is 0.819. The molecule has 0 saturated heterocycles. The van der Waals surface area contributed by atoms with Crippen molar-refractivity contribution >= 4 is 38.0 Å². The number of phenols is 1. The third-order valence-corrected chi connectivity index (χ3v) is 4.77. The number of aromatic hydroxyl groups is 1. The van der Waals surface area contributed by atoms with E-state index in [1.165, 1.54) is 11.3 Å². The van der Waals surface area contributed by atoms with Gasteiger partial charge in [-0.1, -0.05) is 17.4 Å². The predicted molar refractivity (Wildman–Crippen MR) is 86.0 cm³/mol. The number of aromatic amines is 1. The zero-order chi connectivity index (χ0) is 14.8. The Hall–Kier alpha value is -1.90. The molecule has 0 aliphatic rings. The van der Waals surface area contributed by atoms with Crippen molar-refractivity contribution in [2.24, 2.45) is 0 Å². The molecule has 0 saturated carbocycles. The van der Waals surface area contributed by atoms with Gasteiger partial charge in [-0.05, 0) is 24.6 Å². The number of hydrogen-bond donors (Lipinski definition) is 4. The lowest BCUT2D eigenvalue weighted by Gasteiger charge is -2.05. The second-order valence-electron chi connectivity index (χ2n) is 4.57. The summed E-state index contributed by atoms with van der Waals surface area (Å²) >= 11 is 2.55. The van der Waals surface area contributed by atoms with Crippen molar-refractivity contribution in [2.75, 3.05) is 12.3 Å². The smallest absolute Gasteiger partial charge is 0.305 e. The quantitative estimate of drug-likeness (QED) is 0.535. The van der Waals surface area contributed by atoms with Gasteiger partial charge in [0.25, 0.3) is 0 Å². The molecular formula is C13H14N4O2S2. The third-order valence-electron chi connectivity index (χ3n) is 3.09. The van der Waals surface area contributed by atoms with Gasteiger partial charge >= 0.3 is 4.87 Å². The molecule has 5 N–H and O–H groups in total. The van der Waals surface area contributed by atoms with Crippen LogP contribution in [-0.4, -0.2) is 21.6 Å². The molecule has 0 spiro atoms. The Bertz CT molecular complexity index is 821. The zero-order valence-corrected chi connectivity index (χ0v) is 12.7. The lowest BCUT2D eigenvalue weighted by molar-refractivity contribution is 0.480. The van der Waals surface area contributed by atoms with E-state index in [-0.39, 0.29) is 10.6 Å². The van der Waals surface area contributed by atoms with Crippen molar-refractivity contribution in [3.63, 3.8) is 0 Å². The highest BCUT2D eigenvalue weighted by Gasteiger charge is 2.09. The van der Waals surface area contributed by atoms with Gasteiger partial charge in [-0.3, -0.25) is 4.79 Å². The van der Waals surface area contributed by atoms with Crippen LogP contribution in [0.5, 0.6) is 5.75 Å². The molecular weight excluding hydrogens is 308 g/mol. The Labute approximate surface area is 128 Å². The Morgan fingerprint density at radius 2 is 2.29 bits per heavy atom. The lowest BCUT2D eigenvalue weighted by atomic mass is 10.1. The van der Waals surface area contributed by atoms with Crippen LogP contribution in [0.3, 0.4) is 0 Å². The van der Waals surface area contributed by atoms with E-state index in [2.05, 4.69) is 15.3 Å². The number of benzene rings is 1. The number of rotatable bonds is 5. The maximum Gasteiger partial charge on any atom is 0.305 e. The number of nitrogens with two attached hydrogens (primary N) is 1. The Morgan fingerprint density at radius 1 is 1.43 bits per heavy atom. The van der Waals surface area contributed by atoms with Crippen LogP contribution in [0.1, 0.15) is 11.3 Å². The number of aromatic nitrogens is 2. The van der Waals surface area contributed by atoms with E-state index in [0.717, 1.165) is 40.3 Å². The molecule has 0 unspecified atom stereocenters. The van der Waals surface area contributed by atoms with Crippen molar-refractivity contribution in [3.8, 4) is 5.75 Å². The predicted octanol–water partition coefficient (Wildman–Crippen LogP) is 1.67. The molecule has 2 aromatic heterocycles. The summed E-state index contributed by atoms with van der Waals surface area (Å²) in [7, 11) is 0. The fraction of sp³-hybridized carbons (Fsp3) is 0.231. The summed E-state index contributed by atoms with van der Waals surface area (Å²) in [6.07, 6.45) is 0.768. The summed E-state index contributed by atoms with van der Waals surface area (Å²) in [6.45, 7) is 1.42.